The van der Waals surface area contributed by atoms with E-state index in [0.29, 0.717) is 5.92 Å². The van der Waals surface area contributed by atoms with Crippen LogP contribution in [0.2, 0.25) is 0 Å². The van der Waals surface area contributed by atoms with E-state index < -0.39 is 0 Å². The van der Waals surface area contributed by atoms with Crippen molar-refractivity contribution in [3.05, 3.63) is 23.4 Å². The molecule has 88 valence electrons. The quantitative estimate of drug-likeness (QED) is 0.829. The van der Waals surface area contributed by atoms with Crippen molar-refractivity contribution < 1.29 is 4.74 Å². The Morgan fingerprint density at radius 2 is 2.31 bits per heavy atom. The average molecular weight is 220 g/mol. The number of nitrogens with zero attached hydrogens (tertiary/aromatic N) is 1. The number of ether oxygens (including phenoxy) is 1. The Morgan fingerprint density at radius 1 is 1.50 bits per heavy atom. The van der Waals surface area contributed by atoms with E-state index in [1.165, 1.54) is 0 Å². The molecule has 0 unspecified atom stereocenters. The van der Waals surface area contributed by atoms with Crippen LogP contribution < -0.4 is 10.1 Å². The molecule has 0 aliphatic carbocycles. The molecule has 0 saturated heterocycles. The van der Waals surface area contributed by atoms with Gasteiger partial charge in [0.25, 0.3) is 0 Å². The minimum absolute atomic E-state index is 0.197. The number of hydrogen-bond donors (Lipinski definition) is 1. The molecule has 1 aromatic rings. The first-order valence-electron chi connectivity index (χ1n) is 6.01. The molecule has 1 aliphatic heterocycles. The molecule has 2 heterocycles. The Hall–Kier alpha value is -1.09. The second-order valence-electron chi connectivity index (χ2n) is 4.92. The van der Waals surface area contributed by atoms with Crippen LogP contribution in [0.15, 0.2) is 12.1 Å². The van der Waals surface area contributed by atoms with E-state index in [9.17, 15) is 0 Å². The van der Waals surface area contributed by atoms with Crippen molar-refractivity contribution >= 4 is 0 Å². The van der Waals surface area contributed by atoms with E-state index >= 15 is 0 Å². The second kappa shape index (κ2) is 4.83. The molecule has 3 nitrogen and oxygen atoms in total. The van der Waals surface area contributed by atoms with Crippen LogP contribution in [0.5, 0.6) is 5.88 Å². The molecule has 1 aromatic heterocycles. The summed E-state index contributed by atoms with van der Waals surface area (Å²) >= 11 is 0. The van der Waals surface area contributed by atoms with Crippen molar-refractivity contribution in [2.75, 3.05) is 6.54 Å². The standard InChI is InChI=1S/C13H20N2O/c1-9(2)6-12-5-4-11-8-14-7-10(3)16-13(11)15-12/h4-5,9-10,14H,6-8H2,1-3H3/t10-/m0/s1. The van der Waals surface area contributed by atoms with Gasteiger partial charge >= 0.3 is 0 Å². The summed E-state index contributed by atoms with van der Waals surface area (Å²) in [6, 6.07) is 4.24. The zero-order valence-electron chi connectivity index (χ0n) is 10.3. The van der Waals surface area contributed by atoms with E-state index in [4.69, 9.17) is 4.74 Å². The van der Waals surface area contributed by atoms with Gasteiger partial charge in [-0.2, -0.15) is 0 Å². The molecule has 0 aromatic carbocycles. The lowest BCUT2D eigenvalue weighted by atomic mass is 10.1. The Kier molecular flexibility index (Phi) is 3.44. The molecule has 1 aliphatic rings. The van der Waals surface area contributed by atoms with Crippen LogP contribution in [0.1, 0.15) is 32.0 Å². The topological polar surface area (TPSA) is 34.1 Å². The summed E-state index contributed by atoms with van der Waals surface area (Å²) in [6.07, 6.45) is 1.21. The third kappa shape index (κ3) is 2.73. The van der Waals surface area contributed by atoms with Gasteiger partial charge in [-0.1, -0.05) is 19.9 Å². The summed E-state index contributed by atoms with van der Waals surface area (Å²) in [5.41, 5.74) is 2.29. The molecule has 0 radical (unpaired) electrons. The third-order valence-electron chi connectivity index (χ3n) is 2.67. The second-order valence-corrected chi connectivity index (χ2v) is 4.92. The minimum atomic E-state index is 0.197. The molecule has 2 rings (SSSR count). The number of nitrogens with one attached hydrogen (secondary N) is 1. The Labute approximate surface area is 97.2 Å². The first kappa shape index (κ1) is 11.4. The van der Waals surface area contributed by atoms with Gasteiger partial charge in [0, 0.05) is 24.3 Å². The van der Waals surface area contributed by atoms with Gasteiger partial charge in [0.15, 0.2) is 0 Å². The molecule has 1 N–H and O–H groups in total. The summed E-state index contributed by atoms with van der Waals surface area (Å²) in [6.45, 7) is 8.22. The van der Waals surface area contributed by atoms with E-state index in [-0.39, 0.29) is 6.10 Å². The minimum Gasteiger partial charge on any atom is -0.473 e. The van der Waals surface area contributed by atoms with E-state index in [0.717, 1.165) is 36.6 Å². The molecular weight excluding hydrogens is 200 g/mol. The lowest BCUT2D eigenvalue weighted by Gasteiger charge is -2.12. The van der Waals surface area contributed by atoms with Crippen LogP contribution in [-0.4, -0.2) is 17.6 Å². The molecule has 16 heavy (non-hydrogen) atoms. The maximum atomic E-state index is 5.81. The summed E-state index contributed by atoms with van der Waals surface area (Å²) in [5, 5.41) is 3.35. The van der Waals surface area contributed by atoms with Gasteiger partial charge in [0.05, 0.1) is 0 Å². The highest BCUT2D eigenvalue weighted by molar-refractivity contribution is 5.29. The van der Waals surface area contributed by atoms with Crippen LogP contribution in [0, 0.1) is 5.92 Å². The Morgan fingerprint density at radius 3 is 3.06 bits per heavy atom. The van der Waals surface area contributed by atoms with Crippen LogP contribution in [0.4, 0.5) is 0 Å². The normalized spacial score (nSPS) is 20.1. The van der Waals surface area contributed by atoms with Crippen molar-refractivity contribution in [1.82, 2.24) is 10.3 Å². The number of hydrogen-bond acceptors (Lipinski definition) is 3. The van der Waals surface area contributed by atoms with Crippen LogP contribution >= 0.6 is 0 Å². The first-order chi connectivity index (χ1) is 7.65. The number of rotatable bonds is 2. The molecule has 0 spiro atoms. The fraction of sp³-hybridized carbons (Fsp3) is 0.615. The molecule has 0 saturated carbocycles. The molecule has 0 fully saturated rings. The van der Waals surface area contributed by atoms with Gasteiger partial charge in [0.2, 0.25) is 5.88 Å². The van der Waals surface area contributed by atoms with E-state index in [2.05, 4.69) is 43.2 Å². The predicted molar refractivity (Wildman–Crippen MR) is 64.6 cm³/mol. The summed E-state index contributed by atoms with van der Waals surface area (Å²) < 4.78 is 5.81. The Balaban J connectivity index is 2.22. The average Bonchev–Trinajstić information content (AvgIpc) is 2.37. The fourth-order valence-electron chi connectivity index (χ4n) is 1.92. The van der Waals surface area contributed by atoms with Gasteiger partial charge < -0.3 is 10.1 Å². The van der Waals surface area contributed by atoms with Gasteiger partial charge in [-0.3, -0.25) is 0 Å². The van der Waals surface area contributed by atoms with Gasteiger partial charge in [0.1, 0.15) is 6.10 Å². The van der Waals surface area contributed by atoms with Crippen molar-refractivity contribution in [2.24, 2.45) is 5.92 Å². The molecule has 0 bridgehead atoms. The predicted octanol–water partition coefficient (Wildman–Crippen LogP) is 2.15. The number of pyridine rings is 1. The monoisotopic (exact) mass is 220 g/mol. The maximum Gasteiger partial charge on any atom is 0.218 e. The lowest BCUT2D eigenvalue weighted by Crippen LogP contribution is -2.25. The zero-order valence-corrected chi connectivity index (χ0v) is 10.3. The smallest absolute Gasteiger partial charge is 0.218 e. The van der Waals surface area contributed by atoms with E-state index in [1.807, 2.05) is 0 Å². The van der Waals surface area contributed by atoms with Gasteiger partial charge in [-0.25, -0.2) is 4.98 Å². The Bertz CT molecular complexity index is 363. The van der Waals surface area contributed by atoms with Crippen LogP contribution in [0.3, 0.4) is 0 Å². The van der Waals surface area contributed by atoms with Gasteiger partial charge in [-0.15, -0.1) is 0 Å². The first-order valence-corrected chi connectivity index (χ1v) is 6.01. The number of aromatic nitrogens is 1. The fourth-order valence-corrected chi connectivity index (χ4v) is 1.92. The molecule has 3 heteroatoms. The van der Waals surface area contributed by atoms with Crippen molar-refractivity contribution in [3.8, 4) is 5.88 Å². The SMILES string of the molecule is CC(C)Cc1ccc2c(n1)O[C@@H](C)CNC2. The summed E-state index contributed by atoms with van der Waals surface area (Å²) in [4.78, 5) is 4.60. The highest BCUT2D eigenvalue weighted by Gasteiger charge is 2.15. The molecule has 0 amide bonds. The highest BCUT2D eigenvalue weighted by Crippen LogP contribution is 2.20. The molecule has 1 atom stereocenters. The van der Waals surface area contributed by atoms with Crippen LogP contribution in [0.25, 0.3) is 0 Å². The zero-order chi connectivity index (χ0) is 11.5. The van der Waals surface area contributed by atoms with Crippen molar-refractivity contribution in [3.63, 3.8) is 0 Å². The lowest BCUT2D eigenvalue weighted by molar-refractivity contribution is 0.217. The third-order valence-corrected chi connectivity index (χ3v) is 2.67. The largest absolute Gasteiger partial charge is 0.473 e. The number of fused-ring (bicyclic) bond motifs is 1. The summed E-state index contributed by atoms with van der Waals surface area (Å²) in [7, 11) is 0. The van der Waals surface area contributed by atoms with Crippen molar-refractivity contribution in [2.45, 2.75) is 39.8 Å². The van der Waals surface area contributed by atoms with Crippen molar-refractivity contribution in [1.29, 1.82) is 0 Å². The van der Waals surface area contributed by atoms with E-state index in [1.54, 1.807) is 0 Å². The molecular formula is C13H20N2O. The maximum absolute atomic E-state index is 5.81. The highest BCUT2D eigenvalue weighted by atomic mass is 16.5. The summed E-state index contributed by atoms with van der Waals surface area (Å²) in [5.74, 6) is 1.45. The van der Waals surface area contributed by atoms with Crippen LogP contribution in [-0.2, 0) is 13.0 Å². The van der Waals surface area contributed by atoms with Gasteiger partial charge in [-0.05, 0) is 25.3 Å².